The third kappa shape index (κ3) is 19.5. The second kappa shape index (κ2) is 24.4. The molecule has 1 aromatic heterocycles. The highest BCUT2D eigenvalue weighted by Crippen LogP contribution is 2.43. The van der Waals surface area contributed by atoms with Gasteiger partial charge in [0.05, 0.1) is 70.7 Å². The number of primary amides is 1. The van der Waals surface area contributed by atoms with Crippen molar-refractivity contribution in [3.63, 3.8) is 0 Å². The Hall–Kier alpha value is -2.82. The highest BCUT2D eigenvalue weighted by atomic mass is 31.2. The molecule has 1 fully saturated rings. The fourth-order valence-corrected chi connectivity index (χ4v) is 5.09. The monoisotopic (exact) mass is 743 g/mol. The van der Waals surface area contributed by atoms with Crippen molar-refractivity contribution in [3.8, 4) is 0 Å². The van der Waals surface area contributed by atoms with Gasteiger partial charge < -0.3 is 59.7 Å². The van der Waals surface area contributed by atoms with Gasteiger partial charge in [-0.25, -0.2) is 14.0 Å². The molecule has 2 heterocycles. The number of nitrogens with one attached hydrogen (secondary N) is 1. The number of nitrogens with zero attached hydrogens (tertiary/aromatic N) is 3. The molecule has 1 aromatic rings. The van der Waals surface area contributed by atoms with Gasteiger partial charge >= 0.3 is 19.9 Å². The zero-order valence-electron chi connectivity index (χ0n) is 28.0. The van der Waals surface area contributed by atoms with Gasteiger partial charge in [0, 0.05) is 39.1 Å². The molecule has 0 bridgehead atoms. The second-order valence-electron chi connectivity index (χ2n) is 11.0. The van der Waals surface area contributed by atoms with Crippen molar-refractivity contribution in [1.82, 2.24) is 20.3 Å². The second-order valence-corrected chi connectivity index (χ2v) is 12.5. The predicted molar refractivity (Wildman–Crippen MR) is 168 cm³/mol. The number of hydrogen-bond acceptors (Lipinski definition) is 17. The number of unbranched alkanes of at least 4 members (excludes halogenated alkanes) is 2. The third-order valence-corrected chi connectivity index (χ3v) is 7.79. The first-order chi connectivity index (χ1) is 23.9. The van der Waals surface area contributed by atoms with Gasteiger partial charge in [-0.15, -0.1) is 5.10 Å². The van der Waals surface area contributed by atoms with E-state index in [2.05, 4.69) is 20.4 Å². The first-order valence-corrected chi connectivity index (χ1v) is 17.6. The Bertz CT molecular complexity index is 1180. The number of nitrogens with two attached hydrogens (primary N) is 1. The molecule has 1 aliphatic heterocycles. The minimum atomic E-state index is -4.56. The van der Waals surface area contributed by atoms with Gasteiger partial charge in [0.15, 0.2) is 12.4 Å². The molecule has 7 N–H and O–H groups in total. The Labute approximate surface area is 289 Å². The topological polar surface area (TPSA) is 292 Å². The van der Waals surface area contributed by atoms with E-state index in [0.717, 1.165) is 38.3 Å². The van der Waals surface area contributed by atoms with Gasteiger partial charge in [0.2, 0.25) is 5.91 Å². The molecule has 2 unspecified atom stereocenters. The van der Waals surface area contributed by atoms with Gasteiger partial charge in [-0.1, -0.05) is 11.6 Å². The standard InChI is InChI=1S/C28H50N5O16P/c1-20(35)48-23(18-45-28(29)39)19-47-50(40,41)46-11-7-30-25(37)6-10-42-13-14-43-12-8-33-16-21(31-32-33)5-3-2-4-9-44-27-26(38)24(36)15-22(17-34)49-27/h16,22-24,26-27,34,36,38H,2-15,17-19H2,1H3,(H2,29,39)(H,30,37)(H,40,41)/t22-,23+,24-,26-,27?/m0/s1. The van der Waals surface area contributed by atoms with Crippen LogP contribution in [0.25, 0.3) is 0 Å². The van der Waals surface area contributed by atoms with Crippen LogP contribution in [0, 0.1) is 0 Å². The molecule has 50 heavy (non-hydrogen) atoms. The summed E-state index contributed by atoms with van der Waals surface area (Å²) in [5, 5.41) is 39.8. The van der Waals surface area contributed by atoms with Crippen molar-refractivity contribution >= 4 is 25.8 Å². The molecule has 0 aliphatic carbocycles. The van der Waals surface area contributed by atoms with E-state index < -0.39 is 63.8 Å². The first-order valence-electron chi connectivity index (χ1n) is 16.1. The highest BCUT2D eigenvalue weighted by Gasteiger charge is 2.37. The number of hydrogen-bond donors (Lipinski definition) is 6. The molecule has 1 saturated heterocycles. The van der Waals surface area contributed by atoms with Crippen molar-refractivity contribution in [2.24, 2.45) is 5.73 Å². The number of carbonyl (C=O) groups excluding carboxylic acids is 3. The molecule has 1 aliphatic rings. The van der Waals surface area contributed by atoms with Crippen LogP contribution in [0.1, 0.15) is 44.7 Å². The van der Waals surface area contributed by atoms with Crippen LogP contribution in [-0.4, -0.2) is 150 Å². The molecule has 6 atom stereocenters. The normalized spacial score (nSPS) is 20.9. The minimum Gasteiger partial charge on any atom is -0.456 e. The number of phosphoric acid groups is 1. The number of esters is 1. The Balaban J connectivity index is 1.43. The number of ether oxygens (including phenoxy) is 6. The van der Waals surface area contributed by atoms with Crippen molar-refractivity contribution in [3.05, 3.63) is 11.9 Å². The molecule has 0 aromatic carbocycles. The van der Waals surface area contributed by atoms with E-state index in [1.807, 2.05) is 6.20 Å². The first kappa shape index (κ1) is 43.3. The smallest absolute Gasteiger partial charge is 0.456 e. The zero-order valence-corrected chi connectivity index (χ0v) is 28.9. The molecule has 21 nitrogen and oxygen atoms in total. The van der Waals surface area contributed by atoms with E-state index in [0.29, 0.717) is 26.4 Å². The summed E-state index contributed by atoms with van der Waals surface area (Å²) in [4.78, 5) is 43.5. The summed E-state index contributed by atoms with van der Waals surface area (Å²) >= 11 is 0. The van der Waals surface area contributed by atoms with E-state index >= 15 is 0 Å². The number of carbonyl (C=O) groups is 3. The average Bonchev–Trinajstić information content (AvgIpc) is 3.52. The van der Waals surface area contributed by atoms with Crippen LogP contribution < -0.4 is 11.1 Å². The molecule has 2 rings (SSSR count). The van der Waals surface area contributed by atoms with Crippen molar-refractivity contribution in [2.75, 3.05) is 66.0 Å². The molecule has 2 amide bonds. The van der Waals surface area contributed by atoms with E-state index in [1.54, 1.807) is 4.68 Å². The largest absolute Gasteiger partial charge is 0.472 e. The summed E-state index contributed by atoms with van der Waals surface area (Å²) in [6, 6.07) is 0. The third-order valence-electron chi connectivity index (χ3n) is 6.81. The maximum atomic E-state index is 12.0. The summed E-state index contributed by atoms with van der Waals surface area (Å²) in [6.07, 6.45) is -0.751. The minimum absolute atomic E-state index is 0.0409. The summed E-state index contributed by atoms with van der Waals surface area (Å²) in [5.74, 6) is -1.11. The van der Waals surface area contributed by atoms with E-state index in [-0.39, 0.29) is 51.7 Å². The molecular formula is C28H50N5O16P. The van der Waals surface area contributed by atoms with Crippen molar-refractivity contribution < 1.29 is 76.6 Å². The average molecular weight is 744 g/mol. The van der Waals surface area contributed by atoms with Crippen LogP contribution in [0.3, 0.4) is 0 Å². The number of aryl methyl sites for hydroxylation is 1. The molecule has 0 radical (unpaired) electrons. The van der Waals surface area contributed by atoms with Crippen LogP contribution in [0.15, 0.2) is 6.20 Å². The quantitative estimate of drug-likeness (QED) is 0.0341. The maximum Gasteiger partial charge on any atom is 0.472 e. The van der Waals surface area contributed by atoms with Gasteiger partial charge in [-0.2, -0.15) is 0 Å². The van der Waals surface area contributed by atoms with Gasteiger partial charge in [0.25, 0.3) is 0 Å². The van der Waals surface area contributed by atoms with Crippen LogP contribution >= 0.6 is 7.82 Å². The van der Waals surface area contributed by atoms with Gasteiger partial charge in [-0.3, -0.25) is 18.6 Å². The summed E-state index contributed by atoms with van der Waals surface area (Å²) in [7, 11) is -4.56. The number of amides is 2. The number of aromatic nitrogens is 3. The summed E-state index contributed by atoms with van der Waals surface area (Å²) < 4.78 is 54.4. The molecule has 22 heteroatoms. The highest BCUT2D eigenvalue weighted by molar-refractivity contribution is 7.47. The predicted octanol–water partition coefficient (Wildman–Crippen LogP) is -1.46. The van der Waals surface area contributed by atoms with Gasteiger partial charge in [-0.05, 0) is 19.3 Å². The Morgan fingerprint density at radius 1 is 1.08 bits per heavy atom. The van der Waals surface area contributed by atoms with Crippen molar-refractivity contribution in [2.45, 2.75) is 82.7 Å². The van der Waals surface area contributed by atoms with Crippen LogP contribution in [0.2, 0.25) is 0 Å². The summed E-state index contributed by atoms with van der Waals surface area (Å²) in [6.45, 7) is 1.23. The molecule has 288 valence electrons. The fraction of sp³-hybridized carbons (Fsp3) is 0.821. The maximum absolute atomic E-state index is 12.0. The van der Waals surface area contributed by atoms with E-state index in [1.165, 1.54) is 0 Å². The van der Waals surface area contributed by atoms with Crippen LogP contribution in [-0.2, 0) is 64.6 Å². The number of rotatable bonds is 27. The molecular weight excluding hydrogens is 693 g/mol. The SMILES string of the molecule is CC(=O)O[C@H](COC(N)=O)COP(=O)(O)OCCNC(=O)CCOCCOCCn1cc(CCCCCOC2O[C@H](CO)C[C@H](O)[C@@H]2O)nn1. The van der Waals surface area contributed by atoms with Crippen molar-refractivity contribution in [1.29, 1.82) is 0 Å². The molecule has 0 saturated carbocycles. The lowest BCUT2D eigenvalue weighted by Crippen LogP contribution is -2.50. The lowest BCUT2D eigenvalue weighted by Gasteiger charge is -2.36. The lowest BCUT2D eigenvalue weighted by molar-refractivity contribution is -0.271. The Kier molecular flexibility index (Phi) is 21.1. The summed E-state index contributed by atoms with van der Waals surface area (Å²) in [5.41, 5.74) is 5.69. The fourth-order valence-electron chi connectivity index (χ4n) is 4.34. The Morgan fingerprint density at radius 2 is 1.84 bits per heavy atom. The van der Waals surface area contributed by atoms with Gasteiger partial charge in [0.1, 0.15) is 12.7 Å². The number of phosphoric ester groups is 1. The Morgan fingerprint density at radius 3 is 2.56 bits per heavy atom. The van der Waals surface area contributed by atoms with E-state index in [4.69, 9.17) is 38.5 Å². The number of aliphatic hydroxyl groups excluding tert-OH is 3. The van der Waals surface area contributed by atoms with E-state index in [9.17, 15) is 39.2 Å². The lowest BCUT2D eigenvalue weighted by atomic mass is 10.0. The van der Waals surface area contributed by atoms with Crippen LogP contribution in [0.4, 0.5) is 4.79 Å². The zero-order chi connectivity index (χ0) is 36.8. The molecule has 0 spiro atoms. The van der Waals surface area contributed by atoms with Crippen LogP contribution in [0.5, 0.6) is 0 Å². The number of aliphatic hydroxyl groups is 3.